The fourth-order valence-corrected chi connectivity index (χ4v) is 4.65. The Morgan fingerprint density at radius 3 is 1.63 bits per heavy atom. The molecule has 1 nitrogen and oxygen atoms in total. The van der Waals surface area contributed by atoms with Crippen LogP contribution in [0.3, 0.4) is 0 Å². The second-order valence-corrected chi connectivity index (χ2v) is 9.85. The van der Waals surface area contributed by atoms with Gasteiger partial charge in [0.05, 0.1) is 0 Å². The number of ether oxygens (including phenoxy) is 1. The van der Waals surface area contributed by atoms with Crippen LogP contribution in [0.15, 0.2) is 90.7 Å². The van der Waals surface area contributed by atoms with Crippen molar-refractivity contribution in [1.82, 2.24) is 0 Å². The zero-order valence-electron chi connectivity index (χ0n) is 22.0. The minimum atomic E-state index is -4.46. The molecule has 0 unspecified atom stereocenters. The quantitative estimate of drug-likeness (QED) is 0.180. The summed E-state index contributed by atoms with van der Waals surface area (Å²) in [5.41, 5.74) is 4.31. The van der Waals surface area contributed by atoms with Gasteiger partial charge in [-0.3, -0.25) is 0 Å². The van der Waals surface area contributed by atoms with E-state index in [1.807, 2.05) is 19.1 Å². The average Bonchev–Trinajstić information content (AvgIpc) is 2.91. The summed E-state index contributed by atoms with van der Waals surface area (Å²) in [4.78, 5) is 0. The van der Waals surface area contributed by atoms with E-state index in [9.17, 15) is 17.6 Å². The predicted molar refractivity (Wildman–Crippen MR) is 146 cm³/mol. The number of halogens is 4. The molecule has 1 aliphatic carbocycles. The maximum atomic E-state index is 15.0. The summed E-state index contributed by atoms with van der Waals surface area (Å²) in [6.45, 7) is 3.97. The fraction of sp³-hybridized carbons (Fsp3) is 0.333. The largest absolute Gasteiger partial charge is 0.487 e. The van der Waals surface area contributed by atoms with Crippen LogP contribution in [0.1, 0.15) is 61.8 Å². The highest BCUT2D eigenvalue weighted by Crippen LogP contribution is 2.51. The third kappa shape index (κ3) is 6.03. The Labute approximate surface area is 222 Å². The highest BCUT2D eigenvalue weighted by Gasteiger charge is 2.63. The van der Waals surface area contributed by atoms with Crippen molar-refractivity contribution in [3.05, 3.63) is 113 Å². The molecule has 4 rings (SSSR count). The first kappa shape index (κ1) is 27.7. The Hall–Kier alpha value is -3.34. The SMILES string of the molecule is CCCCCc1ccc(-c2ccc(COC3=CC=C(c4ccc(CCC)cc4)C(F)(F)C3(F)F)cc2)cc1. The van der Waals surface area contributed by atoms with Crippen LogP contribution in [-0.2, 0) is 24.2 Å². The Kier molecular flexibility index (Phi) is 8.76. The monoisotopic (exact) mass is 522 g/mol. The highest BCUT2D eigenvalue weighted by atomic mass is 19.3. The summed E-state index contributed by atoms with van der Waals surface area (Å²) in [5, 5.41) is 0. The third-order valence-electron chi connectivity index (χ3n) is 6.95. The van der Waals surface area contributed by atoms with Crippen LogP contribution in [0.4, 0.5) is 17.6 Å². The Balaban J connectivity index is 1.43. The maximum Gasteiger partial charge on any atom is 0.370 e. The lowest BCUT2D eigenvalue weighted by Crippen LogP contribution is -2.45. The molecule has 5 heteroatoms. The van der Waals surface area contributed by atoms with E-state index in [4.69, 9.17) is 4.74 Å². The first-order valence-electron chi connectivity index (χ1n) is 13.3. The van der Waals surface area contributed by atoms with Crippen molar-refractivity contribution in [2.45, 2.75) is 70.8 Å². The molecule has 1 aliphatic rings. The Morgan fingerprint density at radius 2 is 1.08 bits per heavy atom. The van der Waals surface area contributed by atoms with Gasteiger partial charge in [-0.1, -0.05) is 106 Å². The standard InChI is InChI=1S/C33H34F4O/c1-3-5-6-8-25-9-15-27(16-10-25)28-17-13-26(14-18-28)23-38-31-22-21-30(32(34,35)33(31,36)37)29-19-11-24(7-4-2)12-20-29/h9-22H,3-8,23H2,1-2H3. The molecule has 0 spiro atoms. The summed E-state index contributed by atoms with van der Waals surface area (Å²) in [7, 11) is 0. The van der Waals surface area contributed by atoms with E-state index in [2.05, 4.69) is 31.2 Å². The van der Waals surface area contributed by atoms with E-state index in [1.54, 1.807) is 24.3 Å². The van der Waals surface area contributed by atoms with Crippen molar-refractivity contribution in [3.63, 3.8) is 0 Å². The predicted octanol–water partition coefficient (Wildman–Crippen LogP) is 9.81. The lowest BCUT2D eigenvalue weighted by Gasteiger charge is -2.33. The van der Waals surface area contributed by atoms with E-state index >= 15 is 0 Å². The normalized spacial score (nSPS) is 16.1. The van der Waals surface area contributed by atoms with Gasteiger partial charge >= 0.3 is 11.8 Å². The van der Waals surface area contributed by atoms with Gasteiger partial charge in [-0.2, -0.15) is 17.6 Å². The van der Waals surface area contributed by atoms with Gasteiger partial charge < -0.3 is 4.74 Å². The van der Waals surface area contributed by atoms with Crippen LogP contribution in [0.2, 0.25) is 0 Å². The Morgan fingerprint density at radius 1 is 0.553 bits per heavy atom. The molecule has 0 aliphatic heterocycles. The number of aryl methyl sites for hydroxylation is 2. The number of unbranched alkanes of at least 4 members (excludes halogenated alkanes) is 2. The molecule has 200 valence electrons. The van der Waals surface area contributed by atoms with Crippen molar-refractivity contribution in [2.24, 2.45) is 0 Å². The van der Waals surface area contributed by atoms with Gasteiger partial charge in [0.15, 0.2) is 5.76 Å². The average molecular weight is 523 g/mol. The van der Waals surface area contributed by atoms with Crippen molar-refractivity contribution >= 4 is 5.57 Å². The Bertz CT molecular complexity index is 1250. The molecule has 0 amide bonds. The summed E-state index contributed by atoms with van der Waals surface area (Å²) in [6, 6.07) is 22.1. The minimum Gasteiger partial charge on any atom is -0.487 e. The lowest BCUT2D eigenvalue weighted by atomic mass is 9.89. The first-order chi connectivity index (χ1) is 18.3. The zero-order chi connectivity index (χ0) is 27.2. The van der Waals surface area contributed by atoms with Crippen molar-refractivity contribution in [3.8, 4) is 11.1 Å². The van der Waals surface area contributed by atoms with Gasteiger partial charge in [-0.05, 0) is 64.8 Å². The van der Waals surface area contributed by atoms with Crippen LogP contribution >= 0.6 is 0 Å². The molecule has 3 aromatic rings. The third-order valence-corrected chi connectivity index (χ3v) is 6.95. The molecule has 38 heavy (non-hydrogen) atoms. The van der Waals surface area contributed by atoms with Crippen LogP contribution in [-0.4, -0.2) is 11.8 Å². The van der Waals surface area contributed by atoms with Crippen LogP contribution in [0, 0.1) is 0 Å². The van der Waals surface area contributed by atoms with E-state index in [0.717, 1.165) is 48.1 Å². The molecule has 0 saturated carbocycles. The molecular weight excluding hydrogens is 488 g/mol. The summed E-state index contributed by atoms with van der Waals surface area (Å²) in [6.07, 6.45) is 8.36. The van der Waals surface area contributed by atoms with Gasteiger partial charge in [0.25, 0.3) is 0 Å². The van der Waals surface area contributed by atoms with Crippen LogP contribution < -0.4 is 0 Å². The van der Waals surface area contributed by atoms with Crippen LogP contribution in [0.25, 0.3) is 16.7 Å². The number of hydrogen-bond acceptors (Lipinski definition) is 1. The van der Waals surface area contributed by atoms with Crippen molar-refractivity contribution < 1.29 is 22.3 Å². The number of alkyl halides is 4. The second-order valence-electron chi connectivity index (χ2n) is 9.85. The van der Waals surface area contributed by atoms with Gasteiger partial charge in [0.2, 0.25) is 0 Å². The number of allylic oxidation sites excluding steroid dienone is 4. The summed E-state index contributed by atoms with van der Waals surface area (Å²) in [5.74, 6) is -9.88. The van der Waals surface area contributed by atoms with E-state index in [-0.39, 0.29) is 12.2 Å². The molecule has 0 saturated heterocycles. The molecule has 0 aromatic heterocycles. The van der Waals surface area contributed by atoms with Gasteiger partial charge in [-0.15, -0.1) is 0 Å². The van der Waals surface area contributed by atoms with Gasteiger partial charge in [-0.25, -0.2) is 0 Å². The van der Waals surface area contributed by atoms with Crippen LogP contribution in [0.5, 0.6) is 0 Å². The number of benzene rings is 3. The minimum absolute atomic E-state index is 0.0782. The van der Waals surface area contributed by atoms with E-state index in [0.29, 0.717) is 5.56 Å². The molecule has 0 bridgehead atoms. The maximum absolute atomic E-state index is 15.0. The topological polar surface area (TPSA) is 9.23 Å². The van der Waals surface area contributed by atoms with Crippen molar-refractivity contribution in [1.29, 1.82) is 0 Å². The smallest absolute Gasteiger partial charge is 0.370 e. The van der Waals surface area contributed by atoms with E-state index < -0.39 is 23.2 Å². The van der Waals surface area contributed by atoms with E-state index in [1.165, 1.54) is 37.0 Å². The molecule has 0 fully saturated rings. The molecular formula is C33H34F4O. The zero-order valence-corrected chi connectivity index (χ0v) is 22.0. The lowest BCUT2D eigenvalue weighted by molar-refractivity contribution is -0.173. The summed E-state index contributed by atoms with van der Waals surface area (Å²) < 4.78 is 65.0. The fourth-order valence-electron chi connectivity index (χ4n) is 4.65. The molecule has 0 heterocycles. The first-order valence-corrected chi connectivity index (χ1v) is 13.3. The van der Waals surface area contributed by atoms with Crippen molar-refractivity contribution in [2.75, 3.05) is 0 Å². The number of rotatable bonds is 11. The summed E-state index contributed by atoms with van der Waals surface area (Å²) >= 11 is 0. The molecule has 3 aromatic carbocycles. The highest BCUT2D eigenvalue weighted by molar-refractivity contribution is 5.75. The van der Waals surface area contributed by atoms with Gasteiger partial charge in [0.1, 0.15) is 6.61 Å². The second kappa shape index (κ2) is 12.0. The number of hydrogen-bond donors (Lipinski definition) is 0. The van der Waals surface area contributed by atoms with Gasteiger partial charge in [0, 0.05) is 5.57 Å². The molecule has 0 atom stereocenters. The molecule has 0 radical (unpaired) electrons. The molecule has 0 N–H and O–H groups in total.